The average Bonchev–Trinajstić information content (AvgIpc) is 3.34. The number of nitro groups is 1. The van der Waals surface area contributed by atoms with E-state index in [4.69, 9.17) is 12.2 Å². The molecule has 4 aromatic rings. The zero-order valence-corrected chi connectivity index (χ0v) is 15.1. The number of aromatic nitrogens is 5. The van der Waals surface area contributed by atoms with E-state index in [0.717, 1.165) is 11.3 Å². The lowest BCUT2D eigenvalue weighted by Crippen LogP contribution is -1.96. The van der Waals surface area contributed by atoms with Crippen LogP contribution in [0, 0.1) is 14.9 Å². The highest BCUT2D eigenvalue weighted by molar-refractivity contribution is 7.71. The van der Waals surface area contributed by atoms with Gasteiger partial charge in [-0.25, -0.2) is 5.10 Å². The van der Waals surface area contributed by atoms with Crippen molar-refractivity contribution in [1.82, 2.24) is 25.1 Å². The van der Waals surface area contributed by atoms with Gasteiger partial charge in [-0.2, -0.15) is 20.0 Å². The number of nitro benzene ring substituents is 1. The van der Waals surface area contributed by atoms with Gasteiger partial charge in [-0.15, -0.1) is 0 Å². The number of nitrogens with zero attached hydrogens (tertiary/aromatic N) is 5. The van der Waals surface area contributed by atoms with E-state index in [1.54, 1.807) is 12.1 Å². The Labute approximate surface area is 163 Å². The van der Waals surface area contributed by atoms with Gasteiger partial charge in [0.15, 0.2) is 0 Å². The Kier molecular flexibility index (Phi) is 4.60. The van der Waals surface area contributed by atoms with Crippen molar-refractivity contribution in [3.05, 3.63) is 81.1 Å². The third-order valence-corrected chi connectivity index (χ3v) is 4.21. The number of benzene rings is 2. The molecule has 0 saturated carbocycles. The maximum absolute atomic E-state index is 10.9. The highest BCUT2D eigenvalue weighted by Gasteiger charge is 2.12. The van der Waals surface area contributed by atoms with Crippen LogP contribution < -0.4 is 0 Å². The Balaban J connectivity index is 1.67. The third kappa shape index (κ3) is 3.48. The number of hydrogen-bond donors (Lipinski definition) is 2. The second-order valence-corrected chi connectivity index (χ2v) is 6.18. The van der Waals surface area contributed by atoms with E-state index in [9.17, 15) is 10.1 Å². The molecule has 0 fully saturated rings. The molecule has 0 atom stereocenters. The normalized spacial score (nSPS) is 11.1. The Morgan fingerprint density at radius 3 is 2.68 bits per heavy atom. The average molecular weight is 391 g/mol. The summed E-state index contributed by atoms with van der Waals surface area (Å²) in [6.45, 7) is 0. The quantitative estimate of drug-likeness (QED) is 0.232. The van der Waals surface area contributed by atoms with E-state index in [2.05, 4.69) is 25.5 Å². The van der Waals surface area contributed by atoms with E-state index in [1.165, 1.54) is 23.0 Å². The maximum atomic E-state index is 10.9. The fourth-order valence-corrected chi connectivity index (χ4v) is 2.79. The summed E-state index contributed by atoms with van der Waals surface area (Å²) < 4.78 is 1.71. The molecule has 0 saturated heterocycles. The predicted octanol–water partition coefficient (Wildman–Crippen LogP) is 3.79. The summed E-state index contributed by atoms with van der Waals surface area (Å²) in [4.78, 5) is 10.5. The number of aromatic amines is 2. The lowest BCUT2D eigenvalue weighted by atomic mass is 10.1. The summed E-state index contributed by atoms with van der Waals surface area (Å²) in [5, 5.41) is 29.4. The maximum Gasteiger partial charge on any atom is 0.270 e. The van der Waals surface area contributed by atoms with Gasteiger partial charge in [-0.1, -0.05) is 42.5 Å². The number of hydrogen-bond acceptors (Lipinski definition) is 6. The highest BCUT2D eigenvalue weighted by Crippen LogP contribution is 2.22. The molecule has 0 spiro atoms. The Morgan fingerprint density at radius 1 is 1.07 bits per heavy atom. The molecule has 0 aliphatic carbocycles. The monoisotopic (exact) mass is 391 g/mol. The predicted molar refractivity (Wildman–Crippen MR) is 107 cm³/mol. The summed E-state index contributed by atoms with van der Waals surface area (Å²) in [6.07, 6.45) is 1.48. The smallest absolute Gasteiger partial charge is 0.270 e. The van der Waals surface area contributed by atoms with E-state index in [-0.39, 0.29) is 10.5 Å². The van der Waals surface area contributed by atoms with Crippen LogP contribution in [-0.2, 0) is 0 Å². The van der Waals surface area contributed by atoms with Gasteiger partial charge >= 0.3 is 0 Å². The summed E-state index contributed by atoms with van der Waals surface area (Å²) in [5.74, 6) is 0.446. The second kappa shape index (κ2) is 7.37. The number of nitrogens with one attached hydrogen (secondary N) is 2. The Hall–Kier alpha value is -3.92. The van der Waals surface area contributed by atoms with Crippen LogP contribution in [0.25, 0.3) is 22.8 Å². The first-order chi connectivity index (χ1) is 13.6. The molecule has 2 aromatic carbocycles. The fraction of sp³-hybridized carbons (Fsp3) is 0. The van der Waals surface area contributed by atoms with E-state index < -0.39 is 4.92 Å². The lowest BCUT2D eigenvalue weighted by Gasteiger charge is -1.98. The molecule has 2 aromatic heterocycles. The van der Waals surface area contributed by atoms with Gasteiger partial charge in [-0.3, -0.25) is 15.2 Å². The van der Waals surface area contributed by atoms with Gasteiger partial charge in [0.1, 0.15) is 5.69 Å². The SMILES string of the molecule is O=[N+]([O-])c1cccc(/C=N/n2c(-c3cc(-c4ccccc4)n[nH]3)n[nH]c2=S)c1. The third-order valence-electron chi connectivity index (χ3n) is 3.94. The van der Waals surface area contributed by atoms with Crippen molar-refractivity contribution in [1.29, 1.82) is 0 Å². The molecule has 0 radical (unpaired) electrons. The highest BCUT2D eigenvalue weighted by atomic mass is 32.1. The summed E-state index contributed by atoms with van der Waals surface area (Å²) in [6, 6.07) is 17.7. The topological polar surface area (TPSA) is 118 Å². The Morgan fingerprint density at radius 2 is 1.89 bits per heavy atom. The lowest BCUT2D eigenvalue weighted by molar-refractivity contribution is -0.384. The van der Waals surface area contributed by atoms with Gasteiger partial charge < -0.3 is 0 Å². The van der Waals surface area contributed by atoms with Crippen LogP contribution in [0.5, 0.6) is 0 Å². The van der Waals surface area contributed by atoms with E-state index in [0.29, 0.717) is 17.1 Å². The molecule has 2 N–H and O–H groups in total. The first-order valence-corrected chi connectivity index (χ1v) is 8.60. The first kappa shape index (κ1) is 17.5. The molecule has 10 heteroatoms. The minimum absolute atomic E-state index is 0.0129. The van der Waals surface area contributed by atoms with Crippen LogP contribution >= 0.6 is 12.2 Å². The minimum atomic E-state index is -0.456. The standard InChI is InChI=1S/C18H13N7O2S/c26-25(27)14-8-4-5-12(9-14)11-19-24-17(22-23-18(24)28)16-10-15(20-21-16)13-6-2-1-3-7-13/h1-11H,(H,20,21)(H,23,28)/b19-11+. The van der Waals surface area contributed by atoms with Crippen molar-refractivity contribution >= 4 is 24.1 Å². The second-order valence-electron chi connectivity index (χ2n) is 5.79. The summed E-state index contributed by atoms with van der Waals surface area (Å²) in [5.41, 5.74) is 2.91. The van der Waals surface area contributed by atoms with Crippen LogP contribution in [-0.4, -0.2) is 36.2 Å². The zero-order valence-electron chi connectivity index (χ0n) is 14.3. The van der Waals surface area contributed by atoms with Crippen LogP contribution in [0.2, 0.25) is 0 Å². The fourth-order valence-electron chi connectivity index (χ4n) is 2.61. The molecule has 0 amide bonds. The van der Waals surface area contributed by atoms with E-state index >= 15 is 0 Å². The van der Waals surface area contributed by atoms with Crippen molar-refractivity contribution in [2.24, 2.45) is 5.10 Å². The van der Waals surface area contributed by atoms with Crippen molar-refractivity contribution in [3.8, 4) is 22.8 Å². The molecular formula is C18H13N7O2S. The van der Waals surface area contributed by atoms with Gasteiger partial charge in [0, 0.05) is 23.3 Å². The summed E-state index contributed by atoms with van der Waals surface area (Å²) >= 11 is 5.24. The number of H-pyrrole nitrogens is 2. The molecule has 0 aliphatic rings. The van der Waals surface area contributed by atoms with Gasteiger partial charge in [0.25, 0.3) is 5.69 Å². The largest absolute Gasteiger partial charge is 0.274 e. The number of rotatable bonds is 5. The van der Waals surface area contributed by atoms with Crippen molar-refractivity contribution in [2.75, 3.05) is 0 Å². The minimum Gasteiger partial charge on any atom is -0.274 e. The van der Waals surface area contributed by atoms with Crippen LogP contribution in [0.15, 0.2) is 65.8 Å². The molecule has 28 heavy (non-hydrogen) atoms. The zero-order chi connectivity index (χ0) is 19.5. The van der Waals surface area contributed by atoms with Crippen LogP contribution in [0.3, 0.4) is 0 Å². The summed E-state index contributed by atoms with van der Waals surface area (Å²) in [7, 11) is 0. The molecule has 9 nitrogen and oxygen atoms in total. The van der Waals surface area contributed by atoms with Crippen LogP contribution in [0.1, 0.15) is 5.56 Å². The molecule has 4 rings (SSSR count). The van der Waals surface area contributed by atoms with E-state index in [1.807, 2.05) is 36.4 Å². The number of non-ortho nitro benzene ring substituents is 1. The van der Waals surface area contributed by atoms with Gasteiger partial charge in [0.05, 0.1) is 16.8 Å². The molecule has 0 unspecified atom stereocenters. The molecular weight excluding hydrogens is 378 g/mol. The Bertz CT molecular complexity index is 1220. The van der Waals surface area contributed by atoms with Crippen molar-refractivity contribution in [2.45, 2.75) is 0 Å². The molecule has 0 bridgehead atoms. The molecule has 0 aliphatic heterocycles. The van der Waals surface area contributed by atoms with Gasteiger partial charge in [0.2, 0.25) is 10.6 Å². The van der Waals surface area contributed by atoms with Crippen LogP contribution in [0.4, 0.5) is 5.69 Å². The van der Waals surface area contributed by atoms with Crippen molar-refractivity contribution in [3.63, 3.8) is 0 Å². The van der Waals surface area contributed by atoms with Crippen molar-refractivity contribution < 1.29 is 4.92 Å². The van der Waals surface area contributed by atoms with Gasteiger partial charge in [-0.05, 0) is 18.3 Å². The molecule has 138 valence electrons. The first-order valence-electron chi connectivity index (χ1n) is 8.19. The molecule has 2 heterocycles.